The molecule has 0 aromatic carbocycles. The molecule has 15 heavy (non-hydrogen) atoms. The minimum atomic E-state index is -0.523. The van der Waals surface area contributed by atoms with Crippen LogP contribution in [0.4, 0.5) is 0 Å². The number of esters is 1. The lowest BCUT2D eigenvalue weighted by Crippen LogP contribution is -2.09. The van der Waals surface area contributed by atoms with E-state index in [2.05, 4.69) is 15.1 Å². The summed E-state index contributed by atoms with van der Waals surface area (Å²) in [5.74, 6) is -0.254. The second-order valence-corrected chi connectivity index (χ2v) is 3.04. The highest BCUT2D eigenvalue weighted by Gasteiger charge is 2.12. The predicted octanol–water partition coefficient (Wildman–Crippen LogP) is 0.954. The summed E-state index contributed by atoms with van der Waals surface area (Å²) >= 11 is 5.86. The summed E-state index contributed by atoms with van der Waals surface area (Å²) in [7, 11) is 0. The van der Waals surface area contributed by atoms with Crippen LogP contribution < -0.4 is 0 Å². The number of aromatic nitrogens is 4. The van der Waals surface area contributed by atoms with E-state index in [0.29, 0.717) is 0 Å². The SMILES string of the molecule is CCOC(=O)c1cc(Cl)n2ncnc2n1. The van der Waals surface area contributed by atoms with Crippen molar-refractivity contribution in [3.8, 4) is 0 Å². The number of fused-ring (bicyclic) bond motifs is 1. The van der Waals surface area contributed by atoms with Crippen molar-refractivity contribution in [2.45, 2.75) is 6.92 Å². The molecule has 0 saturated carbocycles. The van der Waals surface area contributed by atoms with E-state index >= 15 is 0 Å². The maximum Gasteiger partial charge on any atom is 0.357 e. The molecular formula is C8H7ClN4O2. The van der Waals surface area contributed by atoms with Crippen molar-refractivity contribution < 1.29 is 9.53 Å². The highest BCUT2D eigenvalue weighted by atomic mass is 35.5. The number of hydrogen-bond donors (Lipinski definition) is 0. The van der Waals surface area contributed by atoms with E-state index in [4.69, 9.17) is 16.3 Å². The maximum absolute atomic E-state index is 11.4. The van der Waals surface area contributed by atoms with Gasteiger partial charge in [0.25, 0.3) is 5.78 Å². The largest absolute Gasteiger partial charge is 0.461 e. The van der Waals surface area contributed by atoms with Gasteiger partial charge in [0.2, 0.25) is 0 Å². The molecule has 0 radical (unpaired) electrons. The van der Waals surface area contributed by atoms with Gasteiger partial charge in [0, 0.05) is 6.07 Å². The van der Waals surface area contributed by atoms with Gasteiger partial charge in [-0.2, -0.15) is 14.6 Å². The quantitative estimate of drug-likeness (QED) is 0.563. The van der Waals surface area contributed by atoms with E-state index in [-0.39, 0.29) is 23.2 Å². The average Bonchev–Trinajstić information content (AvgIpc) is 2.66. The molecule has 0 spiro atoms. The lowest BCUT2D eigenvalue weighted by molar-refractivity contribution is 0.0519. The van der Waals surface area contributed by atoms with Crippen LogP contribution in [0.2, 0.25) is 5.15 Å². The van der Waals surface area contributed by atoms with Crippen molar-refractivity contribution in [2.75, 3.05) is 6.61 Å². The van der Waals surface area contributed by atoms with Crippen LogP contribution in [-0.4, -0.2) is 32.2 Å². The van der Waals surface area contributed by atoms with E-state index in [9.17, 15) is 4.79 Å². The minimum absolute atomic E-state index is 0.127. The van der Waals surface area contributed by atoms with Crippen LogP contribution in [0, 0.1) is 0 Å². The fourth-order valence-electron chi connectivity index (χ4n) is 1.09. The van der Waals surface area contributed by atoms with Crippen LogP contribution in [0.15, 0.2) is 12.4 Å². The van der Waals surface area contributed by atoms with Gasteiger partial charge in [-0.25, -0.2) is 9.78 Å². The Morgan fingerprint density at radius 1 is 1.67 bits per heavy atom. The Labute approximate surface area is 89.9 Å². The zero-order valence-electron chi connectivity index (χ0n) is 7.85. The summed E-state index contributed by atoms with van der Waals surface area (Å²) in [6, 6.07) is 1.39. The summed E-state index contributed by atoms with van der Waals surface area (Å²) in [5.41, 5.74) is 0.127. The smallest absolute Gasteiger partial charge is 0.357 e. The third kappa shape index (κ3) is 1.75. The molecule has 0 unspecified atom stereocenters. The molecule has 2 heterocycles. The van der Waals surface area contributed by atoms with Crippen LogP contribution >= 0.6 is 11.6 Å². The van der Waals surface area contributed by atoms with Crippen molar-refractivity contribution in [3.63, 3.8) is 0 Å². The number of ether oxygens (including phenoxy) is 1. The molecule has 2 rings (SSSR count). The Hall–Kier alpha value is -1.69. The van der Waals surface area contributed by atoms with Crippen LogP contribution in [0.5, 0.6) is 0 Å². The lowest BCUT2D eigenvalue weighted by Gasteiger charge is -2.01. The summed E-state index contributed by atoms with van der Waals surface area (Å²) in [6.45, 7) is 2.01. The van der Waals surface area contributed by atoms with Gasteiger partial charge in [-0.15, -0.1) is 0 Å². The van der Waals surface area contributed by atoms with Crippen molar-refractivity contribution in [1.82, 2.24) is 19.6 Å². The molecule has 0 N–H and O–H groups in total. The monoisotopic (exact) mass is 226 g/mol. The van der Waals surface area contributed by atoms with E-state index in [0.717, 1.165) is 0 Å². The molecule has 0 aliphatic heterocycles. The van der Waals surface area contributed by atoms with Crippen molar-refractivity contribution in [2.24, 2.45) is 0 Å². The zero-order chi connectivity index (χ0) is 10.8. The topological polar surface area (TPSA) is 69.4 Å². The number of carbonyl (C=O) groups is 1. The first-order valence-electron chi connectivity index (χ1n) is 4.25. The number of nitrogens with zero attached hydrogens (tertiary/aromatic N) is 4. The fourth-order valence-corrected chi connectivity index (χ4v) is 1.31. The van der Waals surface area contributed by atoms with Crippen molar-refractivity contribution >= 4 is 23.3 Å². The Morgan fingerprint density at radius 3 is 3.20 bits per heavy atom. The molecule has 0 saturated heterocycles. The van der Waals surface area contributed by atoms with Gasteiger partial charge in [-0.05, 0) is 6.92 Å². The fraction of sp³-hybridized carbons (Fsp3) is 0.250. The summed E-state index contributed by atoms with van der Waals surface area (Å²) in [5, 5.41) is 4.09. The Balaban J connectivity index is 2.49. The summed E-state index contributed by atoms with van der Waals surface area (Å²) in [6.07, 6.45) is 1.31. The van der Waals surface area contributed by atoms with Gasteiger partial charge < -0.3 is 4.74 Å². The predicted molar refractivity (Wildman–Crippen MR) is 51.7 cm³/mol. The molecule has 0 amide bonds. The van der Waals surface area contributed by atoms with E-state index < -0.39 is 5.97 Å². The molecular weight excluding hydrogens is 220 g/mol. The van der Waals surface area contributed by atoms with Crippen molar-refractivity contribution in [1.29, 1.82) is 0 Å². The van der Waals surface area contributed by atoms with Gasteiger partial charge in [-0.1, -0.05) is 11.6 Å². The molecule has 6 nitrogen and oxygen atoms in total. The van der Waals surface area contributed by atoms with Crippen LogP contribution in [0.25, 0.3) is 5.78 Å². The van der Waals surface area contributed by atoms with E-state index in [1.54, 1.807) is 6.92 Å². The Bertz CT molecular complexity index is 510. The molecule has 0 fully saturated rings. The number of hydrogen-bond acceptors (Lipinski definition) is 5. The van der Waals surface area contributed by atoms with E-state index in [1.807, 2.05) is 0 Å². The molecule has 2 aromatic rings. The van der Waals surface area contributed by atoms with Gasteiger partial charge in [-0.3, -0.25) is 0 Å². The standard InChI is InChI=1S/C8H7ClN4O2/c1-2-15-7(14)5-3-6(9)13-8(12-5)10-4-11-13/h3-4H,2H2,1H3. The first-order chi connectivity index (χ1) is 7.22. The van der Waals surface area contributed by atoms with Gasteiger partial charge in [0.05, 0.1) is 6.61 Å². The van der Waals surface area contributed by atoms with Crippen LogP contribution in [0.3, 0.4) is 0 Å². The molecule has 2 aromatic heterocycles. The van der Waals surface area contributed by atoms with Crippen molar-refractivity contribution in [3.05, 3.63) is 23.2 Å². The van der Waals surface area contributed by atoms with Crippen LogP contribution in [0.1, 0.15) is 17.4 Å². The number of rotatable bonds is 2. The normalized spacial score (nSPS) is 10.5. The first-order valence-corrected chi connectivity index (χ1v) is 4.63. The third-order valence-electron chi connectivity index (χ3n) is 1.69. The highest BCUT2D eigenvalue weighted by molar-refractivity contribution is 6.30. The Morgan fingerprint density at radius 2 is 2.47 bits per heavy atom. The number of halogens is 1. The summed E-state index contributed by atoms with van der Waals surface area (Å²) in [4.78, 5) is 19.1. The minimum Gasteiger partial charge on any atom is -0.461 e. The number of carbonyl (C=O) groups excluding carboxylic acids is 1. The molecule has 78 valence electrons. The van der Waals surface area contributed by atoms with Gasteiger partial charge in [0.1, 0.15) is 11.5 Å². The average molecular weight is 227 g/mol. The molecule has 0 aliphatic rings. The summed E-state index contributed by atoms with van der Waals surface area (Å²) < 4.78 is 6.11. The van der Waals surface area contributed by atoms with Gasteiger partial charge >= 0.3 is 5.97 Å². The third-order valence-corrected chi connectivity index (χ3v) is 1.96. The Kier molecular flexibility index (Phi) is 2.51. The maximum atomic E-state index is 11.4. The second-order valence-electron chi connectivity index (χ2n) is 2.66. The molecule has 0 atom stereocenters. The molecule has 7 heteroatoms. The van der Waals surface area contributed by atoms with Gasteiger partial charge in [0.15, 0.2) is 5.69 Å². The van der Waals surface area contributed by atoms with E-state index in [1.165, 1.54) is 16.9 Å². The first kappa shape index (κ1) is 9.85. The zero-order valence-corrected chi connectivity index (χ0v) is 8.60. The van der Waals surface area contributed by atoms with Crippen LogP contribution in [-0.2, 0) is 4.74 Å². The second kappa shape index (κ2) is 3.82. The molecule has 0 bridgehead atoms. The lowest BCUT2D eigenvalue weighted by atomic mass is 10.4. The molecule has 0 aliphatic carbocycles. The highest BCUT2D eigenvalue weighted by Crippen LogP contribution is 2.11.